The van der Waals surface area contributed by atoms with Crippen molar-refractivity contribution in [1.29, 1.82) is 0 Å². The maximum atomic E-state index is 12.0. The molecule has 6 heteroatoms. The molecule has 0 bridgehead atoms. The van der Waals surface area contributed by atoms with Gasteiger partial charge in [0.05, 0.1) is 18.2 Å². The molecule has 1 N–H and O–H groups in total. The molecule has 0 aliphatic heterocycles. The first-order valence-corrected chi connectivity index (χ1v) is 6.91. The van der Waals surface area contributed by atoms with Crippen LogP contribution >= 0.6 is 0 Å². The summed E-state index contributed by atoms with van der Waals surface area (Å²) in [7, 11) is 1.28. The fraction of sp³-hybridized carbons (Fsp3) is 0.0556. The first kappa shape index (κ1) is 17.0. The van der Waals surface area contributed by atoms with E-state index in [0.717, 1.165) is 6.08 Å². The van der Waals surface area contributed by atoms with Gasteiger partial charge in [-0.2, -0.15) is 0 Å². The number of hydrogen-bond acceptors (Lipinski definition) is 5. The van der Waals surface area contributed by atoms with Gasteiger partial charge in [0, 0.05) is 6.08 Å². The third kappa shape index (κ3) is 4.54. The monoisotopic (exact) mass is 326 g/mol. The van der Waals surface area contributed by atoms with E-state index in [2.05, 4.69) is 4.74 Å². The normalized spacial score (nSPS) is 10.4. The molecule has 0 aromatic heterocycles. The molecule has 0 heterocycles. The molecular weight excluding hydrogens is 312 g/mol. The topological polar surface area (TPSA) is 89.9 Å². The smallest absolute Gasteiger partial charge is 0.343 e. The van der Waals surface area contributed by atoms with Crippen molar-refractivity contribution < 1.29 is 29.0 Å². The average Bonchev–Trinajstić information content (AvgIpc) is 2.60. The molecule has 0 fully saturated rings. The maximum Gasteiger partial charge on any atom is 0.343 e. The van der Waals surface area contributed by atoms with E-state index in [4.69, 9.17) is 9.84 Å². The fourth-order valence-electron chi connectivity index (χ4n) is 1.84. The summed E-state index contributed by atoms with van der Waals surface area (Å²) in [4.78, 5) is 33.8. The lowest BCUT2D eigenvalue weighted by Crippen LogP contribution is -2.09. The first-order chi connectivity index (χ1) is 11.5. The zero-order valence-electron chi connectivity index (χ0n) is 12.8. The van der Waals surface area contributed by atoms with Crippen molar-refractivity contribution in [3.8, 4) is 5.75 Å². The number of carboxylic acids is 1. The Labute approximate surface area is 137 Å². The van der Waals surface area contributed by atoms with Crippen LogP contribution in [0.1, 0.15) is 26.3 Å². The van der Waals surface area contributed by atoms with Crippen LogP contribution in [0.15, 0.2) is 54.6 Å². The van der Waals surface area contributed by atoms with Crippen LogP contribution in [0, 0.1) is 0 Å². The lowest BCUT2D eigenvalue weighted by molar-refractivity contribution is -0.131. The molecule has 0 amide bonds. The van der Waals surface area contributed by atoms with Gasteiger partial charge in [0.25, 0.3) is 0 Å². The van der Waals surface area contributed by atoms with Crippen LogP contribution in [-0.2, 0) is 9.53 Å². The summed E-state index contributed by atoms with van der Waals surface area (Å²) >= 11 is 0. The molecule has 0 unspecified atom stereocenters. The highest BCUT2D eigenvalue weighted by molar-refractivity contribution is 5.94. The van der Waals surface area contributed by atoms with Gasteiger partial charge in [0.1, 0.15) is 5.75 Å². The van der Waals surface area contributed by atoms with Gasteiger partial charge in [-0.05, 0) is 48.0 Å². The van der Waals surface area contributed by atoms with Crippen LogP contribution in [-0.4, -0.2) is 30.1 Å². The number of rotatable bonds is 5. The average molecular weight is 326 g/mol. The Bertz CT molecular complexity index is 772. The molecule has 2 aromatic rings. The van der Waals surface area contributed by atoms with E-state index in [-0.39, 0.29) is 5.56 Å². The van der Waals surface area contributed by atoms with Crippen molar-refractivity contribution in [3.05, 3.63) is 71.3 Å². The van der Waals surface area contributed by atoms with Crippen LogP contribution < -0.4 is 4.74 Å². The number of aliphatic carboxylic acids is 1. The Morgan fingerprint density at radius 2 is 1.42 bits per heavy atom. The molecule has 2 rings (SSSR count). The summed E-state index contributed by atoms with van der Waals surface area (Å²) in [5, 5.41) is 8.56. The highest BCUT2D eigenvalue weighted by Crippen LogP contribution is 2.15. The van der Waals surface area contributed by atoms with Crippen LogP contribution in [0.3, 0.4) is 0 Å². The number of benzene rings is 2. The van der Waals surface area contributed by atoms with Crippen molar-refractivity contribution in [2.45, 2.75) is 0 Å². The number of esters is 2. The number of carboxylic acid groups (broad SMARTS) is 1. The third-order valence-corrected chi connectivity index (χ3v) is 3.05. The minimum absolute atomic E-state index is 0.289. The van der Waals surface area contributed by atoms with Crippen LogP contribution in [0.2, 0.25) is 0 Å². The molecule has 0 atom stereocenters. The lowest BCUT2D eigenvalue weighted by Gasteiger charge is -2.05. The number of methoxy groups -OCH3 is 1. The number of hydrogen-bond donors (Lipinski definition) is 1. The lowest BCUT2D eigenvalue weighted by atomic mass is 10.1. The molecule has 2 aromatic carbocycles. The summed E-state index contributed by atoms with van der Waals surface area (Å²) in [6.07, 6.45) is 2.45. The first-order valence-electron chi connectivity index (χ1n) is 6.91. The SMILES string of the molecule is COC(=O)c1ccc(C(=O)Oc2ccc(/C=C/C(=O)O)cc2)cc1. The van der Waals surface area contributed by atoms with E-state index in [1.807, 2.05) is 0 Å². The molecule has 0 saturated heterocycles. The maximum absolute atomic E-state index is 12.0. The Hall–Kier alpha value is -3.41. The minimum atomic E-state index is -1.04. The second kappa shape index (κ2) is 7.73. The molecule has 6 nitrogen and oxygen atoms in total. The van der Waals surface area contributed by atoms with Gasteiger partial charge < -0.3 is 14.6 Å². The van der Waals surface area contributed by atoms with E-state index in [1.165, 1.54) is 37.5 Å². The second-order valence-corrected chi connectivity index (χ2v) is 4.70. The minimum Gasteiger partial charge on any atom is -0.478 e. The molecule has 0 aliphatic carbocycles. The van der Waals surface area contributed by atoms with Gasteiger partial charge in [0.2, 0.25) is 0 Å². The summed E-state index contributed by atoms with van der Waals surface area (Å²) in [5.41, 5.74) is 1.29. The van der Waals surface area contributed by atoms with E-state index in [9.17, 15) is 14.4 Å². The molecular formula is C18H14O6. The zero-order valence-corrected chi connectivity index (χ0v) is 12.8. The van der Waals surface area contributed by atoms with Crippen LogP contribution in [0.5, 0.6) is 5.75 Å². The van der Waals surface area contributed by atoms with Crippen molar-refractivity contribution in [2.75, 3.05) is 7.11 Å². The quantitative estimate of drug-likeness (QED) is 0.516. The number of ether oxygens (including phenoxy) is 2. The van der Waals surface area contributed by atoms with Gasteiger partial charge in [-0.1, -0.05) is 12.1 Å². The van der Waals surface area contributed by atoms with Crippen LogP contribution in [0.4, 0.5) is 0 Å². The second-order valence-electron chi connectivity index (χ2n) is 4.70. The molecule has 0 radical (unpaired) electrons. The molecule has 0 saturated carbocycles. The van der Waals surface area contributed by atoms with Crippen molar-refractivity contribution >= 4 is 24.0 Å². The van der Waals surface area contributed by atoms with Crippen molar-refractivity contribution in [1.82, 2.24) is 0 Å². The predicted octanol–water partition coefficient (Wildman–Crippen LogP) is 2.79. The number of carbonyl (C=O) groups is 3. The molecule has 0 spiro atoms. The van der Waals surface area contributed by atoms with Gasteiger partial charge in [-0.15, -0.1) is 0 Å². The fourth-order valence-corrected chi connectivity index (χ4v) is 1.84. The Kier molecular flexibility index (Phi) is 5.46. The molecule has 122 valence electrons. The Morgan fingerprint density at radius 1 is 0.875 bits per heavy atom. The third-order valence-electron chi connectivity index (χ3n) is 3.05. The standard InChI is InChI=1S/C18H14O6/c1-23-17(21)13-5-7-14(8-6-13)18(22)24-15-9-2-12(3-10-15)4-11-16(19)20/h2-11H,1H3,(H,19,20)/b11-4+. The highest BCUT2D eigenvalue weighted by Gasteiger charge is 2.11. The van der Waals surface area contributed by atoms with Gasteiger partial charge >= 0.3 is 17.9 Å². The summed E-state index contributed by atoms with van der Waals surface area (Å²) in [6, 6.07) is 12.3. The largest absolute Gasteiger partial charge is 0.478 e. The zero-order chi connectivity index (χ0) is 17.5. The highest BCUT2D eigenvalue weighted by atomic mass is 16.5. The van der Waals surface area contributed by atoms with Crippen LogP contribution in [0.25, 0.3) is 6.08 Å². The van der Waals surface area contributed by atoms with Crippen molar-refractivity contribution in [2.24, 2.45) is 0 Å². The Morgan fingerprint density at radius 3 is 1.92 bits per heavy atom. The summed E-state index contributed by atoms with van der Waals surface area (Å²) in [6.45, 7) is 0. The Balaban J connectivity index is 2.04. The van der Waals surface area contributed by atoms with Gasteiger partial charge in [-0.25, -0.2) is 14.4 Å². The van der Waals surface area contributed by atoms with Gasteiger partial charge in [0.15, 0.2) is 0 Å². The van der Waals surface area contributed by atoms with E-state index < -0.39 is 17.9 Å². The summed E-state index contributed by atoms with van der Waals surface area (Å²) < 4.78 is 9.79. The van der Waals surface area contributed by atoms with E-state index >= 15 is 0 Å². The van der Waals surface area contributed by atoms with Crippen molar-refractivity contribution in [3.63, 3.8) is 0 Å². The molecule has 24 heavy (non-hydrogen) atoms. The van der Waals surface area contributed by atoms with E-state index in [0.29, 0.717) is 16.9 Å². The summed E-state index contributed by atoms with van der Waals surface area (Å²) in [5.74, 6) is -1.77. The van der Waals surface area contributed by atoms with E-state index in [1.54, 1.807) is 24.3 Å². The predicted molar refractivity (Wildman–Crippen MR) is 85.9 cm³/mol. The van der Waals surface area contributed by atoms with Gasteiger partial charge in [-0.3, -0.25) is 0 Å². The number of carbonyl (C=O) groups excluding carboxylic acids is 2. The molecule has 0 aliphatic rings.